The van der Waals surface area contributed by atoms with Crippen molar-refractivity contribution in [3.8, 4) is 11.1 Å². The van der Waals surface area contributed by atoms with Gasteiger partial charge in [-0.15, -0.1) is 0 Å². The minimum atomic E-state index is -0.915. The molecule has 0 unspecified atom stereocenters. The molecule has 2 aliphatic carbocycles. The predicted octanol–water partition coefficient (Wildman–Crippen LogP) is 4.61. The van der Waals surface area contributed by atoms with Crippen LogP contribution in [-0.2, 0) is 11.2 Å². The third-order valence-corrected chi connectivity index (χ3v) is 4.37. The molecule has 0 saturated heterocycles. The fourth-order valence-electron chi connectivity index (χ4n) is 3.00. The average molecular weight is 339 g/mol. The van der Waals surface area contributed by atoms with Crippen molar-refractivity contribution >= 4 is 23.4 Å². The molecule has 3 rings (SSSR count). The second kappa shape index (κ2) is 6.46. The number of ketones is 1. The van der Waals surface area contributed by atoms with Crippen LogP contribution in [0.25, 0.3) is 11.1 Å². The van der Waals surface area contributed by atoms with E-state index in [9.17, 15) is 14.7 Å². The van der Waals surface area contributed by atoms with Crippen molar-refractivity contribution in [1.29, 1.82) is 0 Å². The predicted molar refractivity (Wildman–Crippen MR) is 94.0 cm³/mol. The Hall–Kier alpha value is -2.65. The van der Waals surface area contributed by atoms with E-state index in [1.165, 1.54) is 0 Å². The van der Waals surface area contributed by atoms with E-state index in [1.54, 1.807) is 31.2 Å². The summed E-state index contributed by atoms with van der Waals surface area (Å²) in [6.45, 7) is 1.81. The zero-order valence-electron chi connectivity index (χ0n) is 13.0. The first-order valence-corrected chi connectivity index (χ1v) is 7.89. The fraction of sp³-hybridized carbons (Fsp3) is 0.100. The van der Waals surface area contributed by atoms with Crippen LogP contribution < -0.4 is 0 Å². The topological polar surface area (TPSA) is 54.4 Å². The van der Waals surface area contributed by atoms with Crippen LogP contribution in [0, 0.1) is 6.92 Å². The molecule has 0 amide bonds. The van der Waals surface area contributed by atoms with Gasteiger partial charge in [-0.1, -0.05) is 41.9 Å². The number of fused-ring (bicyclic) bond motifs is 1. The number of carbonyl (C=O) groups is 2. The van der Waals surface area contributed by atoms with E-state index in [1.807, 2.05) is 30.3 Å². The van der Waals surface area contributed by atoms with E-state index < -0.39 is 5.97 Å². The molecule has 0 saturated carbocycles. The van der Waals surface area contributed by atoms with Crippen LogP contribution >= 0.6 is 11.6 Å². The molecule has 0 aromatic heterocycles. The van der Waals surface area contributed by atoms with Crippen LogP contribution in [0.2, 0.25) is 5.02 Å². The van der Waals surface area contributed by atoms with Crippen molar-refractivity contribution in [1.82, 2.24) is 0 Å². The lowest BCUT2D eigenvalue weighted by Gasteiger charge is -2.04. The minimum absolute atomic E-state index is 0.111. The fourth-order valence-corrected chi connectivity index (χ4v) is 3.13. The van der Waals surface area contributed by atoms with Crippen LogP contribution in [0.3, 0.4) is 0 Å². The summed E-state index contributed by atoms with van der Waals surface area (Å²) < 4.78 is 0. The van der Waals surface area contributed by atoms with Crippen molar-refractivity contribution in [3.05, 3.63) is 81.9 Å². The first kappa shape index (κ1) is 16.2. The lowest BCUT2D eigenvalue weighted by Crippen LogP contribution is -2.04. The molecule has 1 N–H and O–H groups in total. The summed E-state index contributed by atoms with van der Waals surface area (Å²) >= 11 is 5.89. The van der Waals surface area contributed by atoms with Crippen molar-refractivity contribution in [2.24, 2.45) is 0 Å². The maximum Gasteiger partial charge on any atom is 0.307 e. The molecule has 1 aromatic rings. The zero-order valence-corrected chi connectivity index (χ0v) is 13.8. The second-order valence-electron chi connectivity index (χ2n) is 5.62. The standard InChI is InChI=1S/C20H15ClO3/c1-12-17(11-18(22)23)15-5-3-2-4-6-16(15)19(12)20(24)13-7-9-14(21)10-8-13/h2-10H,11H2,1H3,(H,22,23). The Morgan fingerprint density at radius 1 is 0.958 bits per heavy atom. The first-order valence-electron chi connectivity index (χ1n) is 7.51. The van der Waals surface area contributed by atoms with Gasteiger partial charge in [0, 0.05) is 16.1 Å². The molecule has 0 aliphatic heterocycles. The zero-order chi connectivity index (χ0) is 17.3. The first-order chi connectivity index (χ1) is 11.5. The summed E-state index contributed by atoms with van der Waals surface area (Å²) in [6.07, 6.45) is -0.111. The van der Waals surface area contributed by atoms with Gasteiger partial charge in [-0.3, -0.25) is 9.59 Å². The van der Waals surface area contributed by atoms with Crippen molar-refractivity contribution in [2.75, 3.05) is 0 Å². The Bertz CT molecular complexity index is 897. The summed E-state index contributed by atoms with van der Waals surface area (Å²) in [6, 6.07) is 16.0. The number of carboxylic acids is 1. The van der Waals surface area contributed by atoms with Crippen molar-refractivity contribution in [3.63, 3.8) is 0 Å². The normalized spacial score (nSPS) is 10.8. The highest BCUT2D eigenvalue weighted by Crippen LogP contribution is 2.37. The molecule has 0 radical (unpaired) electrons. The molecule has 2 aliphatic rings. The summed E-state index contributed by atoms with van der Waals surface area (Å²) in [4.78, 5) is 24.2. The molecule has 4 heteroatoms. The Kier molecular flexibility index (Phi) is 4.36. The number of aliphatic carboxylic acids is 1. The van der Waals surface area contributed by atoms with E-state index in [-0.39, 0.29) is 12.2 Å². The highest BCUT2D eigenvalue weighted by molar-refractivity contribution is 6.30. The molecule has 0 fully saturated rings. The number of hydrogen-bond donors (Lipinski definition) is 1. The highest BCUT2D eigenvalue weighted by atomic mass is 35.5. The number of rotatable bonds is 4. The van der Waals surface area contributed by atoms with Gasteiger partial charge < -0.3 is 5.11 Å². The third kappa shape index (κ3) is 2.91. The maximum atomic E-state index is 13.0. The van der Waals surface area contributed by atoms with Crippen LogP contribution in [0.15, 0.2) is 54.6 Å². The van der Waals surface area contributed by atoms with Crippen LogP contribution in [0.5, 0.6) is 0 Å². The second-order valence-corrected chi connectivity index (χ2v) is 6.06. The Morgan fingerprint density at radius 3 is 2.21 bits per heavy atom. The summed E-state index contributed by atoms with van der Waals surface area (Å²) in [7, 11) is 0. The number of halogens is 1. The van der Waals surface area contributed by atoms with Crippen LogP contribution in [0.4, 0.5) is 0 Å². The summed E-state index contributed by atoms with van der Waals surface area (Å²) in [5.41, 5.74) is 4.07. The molecule has 120 valence electrons. The molecular formula is C20H15ClO3. The molecule has 1 aromatic carbocycles. The van der Waals surface area contributed by atoms with E-state index in [0.717, 1.165) is 16.7 Å². The number of benzene rings is 1. The maximum absolute atomic E-state index is 13.0. The number of carboxylic acid groups (broad SMARTS) is 1. The van der Waals surface area contributed by atoms with Crippen molar-refractivity contribution < 1.29 is 14.7 Å². The Morgan fingerprint density at radius 2 is 1.58 bits per heavy atom. The molecule has 0 atom stereocenters. The molecule has 3 nitrogen and oxygen atoms in total. The van der Waals surface area contributed by atoms with Crippen molar-refractivity contribution in [2.45, 2.75) is 13.3 Å². The van der Waals surface area contributed by atoms with Gasteiger partial charge in [0.05, 0.1) is 6.42 Å². The third-order valence-electron chi connectivity index (χ3n) is 4.12. The number of hydrogen-bond acceptors (Lipinski definition) is 2. The van der Waals surface area contributed by atoms with E-state index in [4.69, 9.17) is 11.6 Å². The van der Waals surface area contributed by atoms with Gasteiger partial charge in [0.25, 0.3) is 0 Å². The molecule has 0 heterocycles. The highest BCUT2D eigenvalue weighted by Gasteiger charge is 2.26. The van der Waals surface area contributed by atoms with Crippen LogP contribution in [-0.4, -0.2) is 16.9 Å². The molecule has 24 heavy (non-hydrogen) atoms. The SMILES string of the molecule is Cc1c(CC(=O)O)c2cccccc-2c1C(=O)c1ccc(Cl)cc1. The van der Waals surface area contributed by atoms with Gasteiger partial charge in [0.2, 0.25) is 0 Å². The van der Waals surface area contributed by atoms with Gasteiger partial charge in [0.1, 0.15) is 0 Å². The minimum Gasteiger partial charge on any atom is -0.481 e. The van der Waals surface area contributed by atoms with E-state index in [0.29, 0.717) is 21.7 Å². The van der Waals surface area contributed by atoms with E-state index >= 15 is 0 Å². The smallest absolute Gasteiger partial charge is 0.307 e. The molecular weight excluding hydrogens is 324 g/mol. The molecule has 0 bridgehead atoms. The quantitative estimate of drug-likeness (QED) is 0.707. The summed E-state index contributed by atoms with van der Waals surface area (Å²) in [5.74, 6) is -1.04. The van der Waals surface area contributed by atoms with Gasteiger partial charge in [-0.2, -0.15) is 0 Å². The van der Waals surface area contributed by atoms with E-state index in [2.05, 4.69) is 0 Å². The van der Waals surface area contributed by atoms with Gasteiger partial charge in [0.15, 0.2) is 5.78 Å². The Labute approximate surface area is 144 Å². The molecule has 0 spiro atoms. The van der Waals surface area contributed by atoms with Crippen LogP contribution in [0.1, 0.15) is 27.0 Å². The lowest BCUT2D eigenvalue weighted by molar-refractivity contribution is -0.136. The monoisotopic (exact) mass is 338 g/mol. The summed E-state index contributed by atoms with van der Waals surface area (Å²) in [5, 5.41) is 9.77. The van der Waals surface area contributed by atoms with Gasteiger partial charge >= 0.3 is 5.97 Å². The lowest BCUT2D eigenvalue weighted by atomic mass is 9.99. The Balaban J connectivity index is 2.21. The van der Waals surface area contributed by atoms with Gasteiger partial charge in [-0.05, 0) is 53.4 Å². The average Bonchev–Trinajstić information content (AvgIpc) is 2.70. The largest absolute Gasteiger partial charge is 0.481 e. The van der Waals surface area contributed by atoms with Gasteiger partial charge in [-0.25, -0.2) is 0 Å². The number of carbonyl (C=O) groups excluding carboxylic acids is 1.